The molecule has 0 spiro atoms. The molecule has 0 aromatic heterocycles. The Labute approximate surface area is 122 Å². The molecule has 1 saturated heterocycles. The molecule has 1 aromatic rings. The summed E-state index contributed by atoms with van der Waals surface area (Å²) < 4.78 is 13.7. The molecule has 0 radical (unpaired) electrons. The highest BCUT2D eigenvalue weighted by molar-refractivity contribution is 9.10. The van der Waals surface area contributed by atoms with Crippen LogP contribution in [-0.2, 0) is 0 Å². The van der Waals surface area contributed by atoms with E-state index in [4.69, 9.17) is 0 Å². The van der Waals surface area contributed by atoms with Gasteiger partial charge in [0.05, 0.1) is 10.0 Å². The van der Waals surface area contributed by atoms with E-state index in [1.165, 1.54) is 6.07 Å². The number of rotatable bonds is 2. The average molecular weight is 328 g/mol. The van der Waals surface area contributed by atoms with Gasteiger partial charge in [-0.15, -0.1) is 0 Å². The zero-order valence-electron chi connectivity index (χ0n) is 11.3. The molecule has 19 heavy (non-hydrogen) atoms. The van der Waals surface area contributed by atoms with Gasteiger partial charge in [-0.2, -0.15) is 0 Å². The van der Waals surface area contributed by atoms with E-state index in [9.17, 15) is 9.18 Å². The number of piperidine rings is 1. The monoisotopic (exact) mass is 327 g/mol. The lowest BCUT2D eigenvalue weighted by Crippen LogP contribution is -2.39. The van der Waals surface area contributed by atoms with Crippen LogP contribution in [0.25, 0.3) is 0 Å². The van der Waals surface area contributed by atoms with Crippen molar-refractivity contribution in [1.29, 1.82) is 0 Å². The number of hydrogen-bond donors (Lipinski definition) is 0. The number of nitrogens with zero attached hydrogens (tertiary/aromatic N) is 1. The molecule has 0 aliphatic carbocycles. The van der Waals surface area contributed by atoms with Gasteiger partial charge in [0, 0.05) is 13.1 Å². The van der Waals surface area contributed by atoms with E-state index in [1.54, 1.807) is 12.1 Å². The van der Waals surface area contributed by atoms with E-state index in [1.807, 2.05) is 4.90 Å². The first-order valence-corrected chi connectivity index (χ1v) is 7.53. The molecule has 1 aliphatic rings. The Hall–Kier alpha value is -0.900. The van der Waals surface area contributed by atoms with Crippen LogP contribution < -0.4 is 0 Å². The molecular weight excluding hydrogens is 309 g/mol. The van der Waals surface area contributed by atoms with Gasteiger partial charge < -0.3 is 4.90 Å². The summed E-state index contributed by atoms with van der Waals surface area (Å²) in [6, 6.07) is 4.60. The zero-order valence-corrected chi connectivity index (χ0v) is 12.9. The molecule has 104 valence electrons. The highest BCUT2D eigenvalue weighted by atomic mass is 79.9. The van der Waals surface area contributed by atoms with Crippen molar-refractivity contribution < 1.29 is 9.18 Å². The molecule has 2 nitrogen and oxygen atoms in total. The van der Waals surface area contributed by atoms with Crippen molar-refractivity contribution in [3.63, 3.8) is 0 Å². The zero-order chi connectivity index (χ0) is 14.0. The van der Waals surface area contributed by atoms with Crippen LogP contribution in [0.2, 0.25) is 0 Å². The van der Waals surface area contributed by atoms with Crippen LogP contribution in [0.4, 0.5) is 4.39 Å². The largest absolute Gasteiger partial charge is 0.339 e. The summed E-state index contributed by atoms with van der Waals surface area (Å²) >= 11 is 3.16. The van der Waals surface area contributed by atoms with Crippen molar-refractivity contribution in [2.24, 2.45) is 11.8 Å². The smallest absolute Gasteiger partial charge is 0.255 e. The van der Waals surface area contributed by atoms with Crippen molar-refractivity contribution in [2.75, 3.05) is 13.1 Å². The van der Waals surface area contributed by atoms with E-state index in [2.05, 4.69) is 29.8 Å². The number of amides is 1. The summed E-state index contributed by atoms with van der Waals surface area (Å²) in [7, 11) is 0. The van der Waals surface area contributed by atoms with Crippen LogP contribution in [0.1, 0.15) is 37.0 Å². The van der Waals surface area contributed by atoms with Crippen LogP contribution in [-0.4, -0.2) is 23.9 Å². The van der Waals surface area contributed by atoms with E-state index in [0.29, 0.717) is 17.4 Å². The van der Waals surface area contributed by atoms with Gasteiger partial charge in [0.15, 0.2) is 0 Å². The van der Waals surface area contributed by atoms with Crippen molar-refractivity contribution in [3.05, 3.63) is 34.1 Å². The Kier molecular flexibility index (Phi) is 4.61. The predicted octanol–water partition coefficient (Wildman–Crippen LogP) is 4.10. The summed E-state index contributed by atoms with van der Waals surface area (Å²) in [6.07, 6.45) is 2.08. The SMILES string of the molecule is CC(C)C1CCN(C(=O)c2cccc(F)c2Br)CC1. The van der Waals surface area contributed by atoms with Crippen LogP contribution in [0.15, 0.2) is 22.7 Å². The van der Waals surface area contributed by atoms with Gasteiger partial charge in [-0.3, -0.25) is 4.79 Å². The number of likely N-dealkylation sites (tertiary alicyclic amines) is 1. The van der Waals surface area contributed by atoms with Crippen LogP contribution >= 0.6 is 15.9 Å². The van der Waals surface area contributed by atoms with E-state index >= 15 is 0 Å². The number of benzene rings is 1. The molecule has 1 fully saturated rings. The standard InChI is InChI=1S/C15H19BrFNO/c1-10(2)11-6-8-18(9-7-11)15(19)12-4-3-5-13(17)14(12)16/h3-5,10-11H,6-9H2,1-2H3. The Morgan fingerprint density at radius 2 is 2.00 bits per heavy atom. The average Bonchev–Trinajstić information content (AvgIpc) is 2.41. The topological polar surface area (TPSA) is 20.3 Å². The highest BCUT2D eigenvalue weighted by Crippen LogP contribution is 2.27. The molecule has 1 amide bonds. The fourth-order valence-electron chi connectivity index (χ4n) is 2.61. The molecule has 0 unspecified atom stereocenters. The quantitative estimate of drug-likeness (QED) is 0.800. The number of carbonyl (C=O) groups is 1. The van der Waals surface area contributed by atoms with Crippen molar-refractivity contribution >= 4 is 21.8 Å². The minimum atomic E-state index is -0.386. The first-order chi connectivity index (χ1) is 9.00. The van der Waals surface area contributed by atoms with E-state index < -0.39 is 0 Å². The lowest BCUT2D eigenvalue weighted by molar-refractivity contribution is 0.0666. The molecule has 1 heterocycles. The predicted molar refractivity (Wildman–Crippen MR) is 77.6 cm³/mol. The number of carbonyl (C=O) groups excluding carboxylic acids is 1. The third kappa shape index (κ3) is 3.16. The molecular formula is C15H19BrFNO. The number of hydrogen-bond acceptors (Lipinski definition) is 1. The van der Waals surface area contributed by atoms with E-state index in [-0.39, 0.29) is 16.2 Å². The Morgan fingerprint density at radius 3 is 2.58 bits per heavy atom. The molecule has 4 heteroatoms. The second-order valence-corrected chi connectivity index (χ2v) is 6.27. The van der Waals surface area contributed by atoms with Gasteiger partial charge in [0.2, 0.25) is 0 Å². The fourth-order valence-corrected chi connectivity index (χ4v) is 3.04. The second-order valence-electron chi connectivity index (χ2n) is 5.48. The lowest BCUT2D eigenvalue weighted by atomic mass is 9.86. The Morgan fingerprint density at radius 1 is 1.37 bits per heavy atom. The molecule has 2 rings (SSSR count). The van der Waals surface area contributed by atoms with Gasteiger partial charge in [-0.25, -0.2) is 4.39 Å². The molecule has 1 aliphatic heterocycles. The third-order valence-corrected chi connectivity index (χ3v) is 4.76. The molecule has 0 atom stereocenters. The van der Waals surface area contributed by atoms with Crippen LogP contribution in [0, 0.1) is 17.7 Å². The maximum absolute atomic E-state index is 13.5. The summed E-state index contributed by atoms with van der Waals surface area (Å²) in [5.41, 5.74) is 0.419. The summed E-state index contributed by atoms with van der Waals surface area (Å²) in [5.74, 6) is 0.898. The van der Waals surface area contributed by atoms with E-state index in [0.717, 1.165) is 25.9 Å². The normalized spacial score (nSPS) is 17.0. The lowest BCUT2D eigenvalue weighted by Gasteiger charge is -2.34. The maximum atomic E-state index is 13.5. The first-order valence-electron chi connectivity index (χ1n) is 6.74. The van der Waals surface area contributed by atoms with Gasteiger partial charge in [-0.1, -0.05) is 19.9 Å². The van der Waals surface area contributed by atoms with Gasteiger partial charge >= 0.3 is 0 Å². The molecule has 0 N–H and O–H groups in total. The third-order valence-electron chi connectivity index (χ3n) is 3.95. The molecule has 1 aromatic carbocycles. The maximum Gasteiger partial charge on any atom is 0.255 e. The minimum Gasteiger partial charge on any atom is -0.339 e. The fraction of sp³-hybridized carbons (Fsp3) is 0.533. The second kappa shape index (κ2) is 6.04. The van der Waals surface area contributed by atoms with Crippen molar-refractivity contribution in [3.8, 4) is 0 Å². The van der Waals surface area contributed by atoms with Crippen molar-refractivity contribution in [2.45, 2.75) is 26.7 Å². The summed E-state index contributed by atoms with van der Waals surface area (Å²) in [4.78, 5) is 14.2. The minimum absolute atomic E-state index is 0.0754. The van der Waals surface area contributed by atoms with Gasteiger partial charge in [0.1, 0.15) is 5.82 Å². The Balaban J connectivity index is 2.07. The molecule has 0 saturated carbocycles. The van der Waals surface area contributed by atoms with Crippen LogP contribution in [0.5, 0.6) is 0 Å². The number of halogens is 2. The molecule has 0 bridgehead atoms. The summed E-state index contributed by atoms with van der Waals surface area (Å²) in [5, 5.41) is 0. The van der Waals surface area contributed by atoms with Crippen LogP contribution in [0.3, 0.4) is 0 Å². The van der Waals surface area contributed by atoms with Gasteiger partial charge in [-0.05, 0) is 52.7 Å². The first kappa shape index (κ1) is 14.5. The van der Waals surface area contributed by atoms with Crippen molar-refractivity contribution in [1.82, 2.24) is 4.90 Å². The van der Waals surface area contributed by atoms with Gasteiger partial charge in [0.25, 0.3) is 5.91 Å². The summed E-state index contributed by atoms with van der Waals surface area (Å²) in [6.45, 7) is 5.99. The highest BCUT2D eigenvalue weighted by Gasteiger charge is 2.26. The Bertz CT molecular complexity index is 467.